The van der Waals surface area contributed by atoms with Crippen LogP contribution in [0.1, 0.15) is 19.4 Å². The average molecular weight is 318 g/mol. The summed E-state index contributed by atoms with van der Waals surface area (Å²) in [5, 5.41) is 9.23. The zero-order chi connectivity index (χ0) is 16.1. The summed E-state index contributed by atoms with van der Waals surface area (Å²) in [7, 11) is 1.93. The first-order valence-electron chi connectivity index (χ1n) is 7.43. The minimum atomic E-state index is 0.134. The lowest BCUT2D eigenvalue weighted by Crippen LogP contribution is -2.31. The van der Waals surface area contributed by atoms with Gasteiger partial charge in [0.2, 0.25) is 5.91 Å². The summed E-state index contributed by atoms with van der Waals surface area (Å²) in [4.78, 5) is 13.9. The van der Waals surface area contributed by atoms with Crippen molar-refractivity contribution in [1.29, 1.82) is 0 Å². The van der Waals surface area contributed by atoms with Crippen LogP contribution in [0, 0.1) is 6.92 Å². The number of carbonyl (C=O) groups excluding carboxylic acids is 1. The second-order valence-corrected chi connectivity index (χ2v) is 6.03. The van der Waals surface area contributed by atoms with Crippen molar-refractivity contribution >= 4 is 17.7 Å². The van der Waals surface area contributed by atoms with Gasteiger partial charge in [-0.05, 0) is 26.8 Å². The molecule has 0 aliphatic carbocycles. The maximum atomic E-state index is 12.1. The van der Waals surface area contributed by atoms with Crippen LogP contribution >= 0.6 is 11.8 Å². The van der Waals surface area contributed by atoms with Gasteiger partial charge in [0.05, 0.1) is 5.75 Å². The Morgan fingerprint density at radius 3 is 2.64 bits per heavy atom. The molecule has 2 rings (SSSR count). The summed E-state index contributed by atoms with van der Waals surface area (Å²) < 4.78 is 1.94. The van der Waals surface area contributed by atoms with E-state index in [1.54, 1.807) is 0 Å². The predicted molar refractivity (Wildman–Crippen MR) is 89.8 cm³/mol. The summed E-state index contributed by atoms with van der Waals surface area (Å²) >= 11 is 1.43. The fourth-order valence-corrected chi connectivity index (χ4v) is 3.08. The molecule has 0 bridgehead atoms. The molecule has 1 aromatic carbocycles. The van der Waals surface area contributed by atoms with E-state index in [4.69, 9.17) is 0 Å². The minimum Gasteiger partial charge on any atom is -0.343 e. The first kappa shape index (κ1) is 16.5. The highest BCUT2D eigenvalue weighted by Crippen LogP contribution is 2.23. The molecule has 5 nitrogen and oxygen atoms in total. The van der Waals surface area contributed by atoms with Gasteiger partial charge < -0.3 is 9.47 Å². The van der Waals surface area contributed by atoms with Crippen molar-refractivity contribution in [3.05, 3.63) is 29.8 Å². The molecule has 0 aliphatic heterocycles. The van der Waals surface area contributed by atoms with Crippen LogP contribution in [0.15, 0.2) is 29.4 Å². The number of hydrogen-bond donors (Lipinski definition) is 0. The Balaban J connectivity index is 2.10. The standard InChI is InChI=1S/C16H22N4OS/c1-5-20(6-2)14(21)11-22-16-18-17-15(19(16)4)13-9-7-8-12(3)10-13/h7-10H,5-6,11H2,1-4H3. The van der Waals surface area contributed by atoms with Gasteiger partial charge in [-0.2, -0.15) is 0 Å². The summed E-state index contributed by atoms with van der Waals surface area (Å²) in [6.45, 7) is 7.51. The molecule has 1 aromatic heterocycles. The molecule has 1 amide bonds. The number of hydrogen-bond acceptors (Lipinski definition) is 4. The van der Waals surface area contributed by atoms with Crippen LogP contribution in [-0.2, 0) is 11.8 Å². The van der Waals surface area contributed by atoms with E-state index >= 15 is 0 Å². The highest BCUT2D eigenvalue weighted by atomic mass is 32.2. The van der Waals surface area contributed by atoms with E-state index in [9.17, 15) is 4.79 Å². The van der Waals surface area contributed by atoms with Crippen molar-refractivity contribution in [2.45, 2.75) is 25.9 Å². The third-order valence-corrected chi connectivity index (χ3v) is 4.56. The number of aromatic nitrogens is 3. The Labute approximate surface area is 135 Å². The lowest BCUT2D eigenvalue weighted by Gasteiger charge is -2.17. The Hall–Kier alpha value is -1.82. The number of amides is 1. The fourth-order valence-electron chi connectivity index (χ4n) is 2.27. The molecule has 2 aromatic rings. The Morgan fingerprint density at radius 1 is 1.27 bits per heavy atom. The Kier molecular flexibility index (Phi) is 5.60. The van der Waals surface area contributed by atoms with Crippen molar-refractivity contribution in [2.75, 3.05) is 18.8 Å². The molecule has 0 atom stereocenters. The number of carbonyl (C=O) groups is 1. The topological polar surface area (TPSA) is 51.0 Å². The van der Waals surface area contributed by atoms with E-state index in [-0.39, 0.29) is 5.91 Å². The molecule has 22 heavy (non-hydrogen) atoms. The van der Waals surface area contributed by atoms with Crippen molar-refractivity contribution < 1.29 is 4.79 Å². The van der Waals surface area contributed by atoms with Crippen molar-refractivity contribution in [2.24, 2.45) is 7.05 Å². The molecule has 0 radical (unpaired) electrons. The van der Waals surface area contributed by atoms with Crippen LogP contribution in [0.5, 0.6) is 0 Å². The smallest absolute Gasteiger partial charge is 0.233 e. The van der Waals surface area contributed by atoms with Gasteiger partial charge in [-0.25, -0.2) is 0 Å². The number of aryl methyl sites for hydroxylation is 1. The van der Waals surface area contributed by atoms with Gasteiger partial charge in [0.25, 0.3) is 0 Å². The van der Waals surface area contributed by atoms with Gasteiger partial charge in [0.15, 0.2) is 11.0 Å². The van der Waals surface area contributed by atoms with Crippen molar-refractivity contribution in [3.63, 3.8) is 0 Å². The van der Waals surface area contributed by atoms with E-state index in [0.29, 0.717) is 5.75 Å². The predicted octanol–water partition coefficient (Wildman–Crippen LogP) is 2.75. The fraction of sp³-hybridized carbons (Fsp3) is 0.438. The van der Waals surface area contributed by atoms with Gasteiger partial charge in [-0.3, -0.25) is 4.79 Å². The van der Waals surface area contributed by atoms with E-state index in [1.165, 1.54) is 17.3 Å². The quantitative estimate of drug-likeness (QED) is 0.769. The molecular formula is C16H22N4OS. The monoisotopic (exact) mass is 318 g/mol. The molecule has 0 saturated heterocycles. The molecular weight excluding hydrogens is 296 g/mol. The SMILES string of the molecule is CCN(CC)C(=O)CSc1nnc(-c2cccc(C)c2)n1C. The van der Waals surface area contributed by atoms with Gasteiger partial charge in [-0.15, -0.1) is 10.2 Å². The number of thioether (sulfide) groups is 1. The summed E-state index contributed by atoms with van der Waals surface area (Å²) in [6, 6.07) is 8.17. The summed E-state index contributed by atoms with van der Waals surface area (Å²) in [5.74, 6) is 1.35. The molecule has 1 heterocycles. The molecule has 118 valence electrons. The van der Waals surface area contributed by atoms with Crippen molar-refractivity contribution in [1.82, 2.24) is 19.7 Å². The van der Waals surface area contributed by atoms with Crippen LogP contribution in [0.25, 0.3) is 11.4 Å². The molecule has 0 saturated carbocycles. The maximum Gasteiger partial charge on any atom is 0.233 e. The molecule has 0 unspecified atom stereocenters. The van der Waals surface area contributed by atoms with Crippen LogP contribution in [0.3, 0.4) is 0 Å². The van der Waals surface area contributed by atoms with E-state index < -0.39 is 0 Å². The van der Waals surface area contributed by atoms with Crippen molar-refractivity contribution in [3.8, 4) is 11.4 Å². The maximum absolute atomic E-state index is 12.1. The highest BCUT2D eigenvalue weighted by Gasteiger charge is 2.15. The van der Waals surface area contributed by atoms with Gasteiger partial charge in [-0.1, -0.05) is 35.5 Å². The van der Waals surface area contributed by atoms with Gasteiger partial charge in [0.1, 0.15) is 0 Å². The molecule has 6 heteroatoms. The van der Waals surface area contributed by atoms with Crippen LogP contribution in [-0.4, -0.2) is 44.4 Å². The normalized spacial score (nSPS) is 10.7. The first-order chi connectivity index (χ1) is 10.6. The van der Waals surface area contributed by atoms with Crippen LogP contribution in [0.4, 0.5) is 0 Å². The number of nitrogens with zero attached hydrogens (tertiary/aromatic N) is 4. The molecule has 0 fully saturated rings. The highest BCUT2D eigenvalue weighted by molar-refractivity contribution is 7.99. The zero-order valence-corrected chi connectivity index (χ0v) is 14.4. The molecule has 0 N–H and O–H groups in total. The van der Waals surface area contributed by atoms with E-state index in [2.05, 4.69) is 29.3 Å². The zero-order valence-electron chi connectivity index (χ0n) is 13.5. The lowest BCUT2D eigenvalue weighted by atomic mass is 10.1. The first-order valence-corrected chi connectivity index (χ1v) is 8.42. The van der Waals surface area contributed by atoms with Crippen LogP contribution in [0.2, 0.25) is 0 Å². The third-order valence-electron chi connectivity index (χ3n) is 3.55. The second-order valence-electron chi connectivity index (χ2n) is 5.09. The molecule has 0 aliphatic rings. The summed E-state index contributed by atoms with van der Waals surface area (Å²) in [5.41, 5.74) is 2.23. The van der Waals surface area contributed by atoms with E-state index in [0.717, 1.165) is 29.6 Å². The lowest BCUT2D eigenvalue weighted by molar-refractivity contribution is -0.127. The third kappa shape index (κ3) is 3.68. The summed E-state index contributed by atoms with van der Waals surface area (Å²) in [6.07, 6.45) is 0. The van der Waals surface area contributed by atoms with Gasteiger partial charge in [0, 0.05) is 25.7 Å². The Bertz CT molecular complexity index is 649. The second kappa shape index (κ2) is 7.45. The molecule has 0 spiro atoms. The minimum absolute atomic E-state index is 0.134. The largest absolute Gasteiger partial charge is 0.343 e. The van der Waals surface area contributed by atoms with Gasteiger partial charge >= 0.3 is 0 Å². The number of rotatable bonds is 6. The van der Waals surface area contributed by atoms with Crippen LogP contribution < -0.4 is 0 Å². The number of benzene rings is 1. The Morgan fingerprint density at radius 2 is 2.00 bits per heavy atom. The average Bonchev–Trinajstić information content (AvgIpc) is 2.87. The van der Waals surface area contributed by atoms with E-state index in [1.807, 2.05) is 42.5 Å².